The standard InChI is InChI=1S/C12H19NO3/c1-12(2,3)16-11(14)10(7-13)6-9-4-5-15-8-9/h4-5,8,10H,6-7,13H2,1-3H3. The Morgan fingerprint density at radius 1 is 1.56 bits per heavy atom. The fourth-order valence-electron chi connectivity index (χ4n) is 1.34. The lowest BCUT2D eigenvalue weighted by Gasteiger charge is -2.23. The van der Waals surface area contributed by atoms with Crippen LogP contribution >= 0.6 is 0 Å². The first-order valence-corrected chi connectivity index (χ1v) is 5.36. The summed E-state index contributed by atoms with van der Waals surface area (Å²) in [6.07, 6.45) is 3.76. The van der Waals surface area contributed by atoms with Gasteiger partial charge in [0.2, 0.25) is 0 Å². The van der Waals surface area contributed by atoms with E-state index in [1.54, 1.807) is 12.5 Å². The molecule has 1 aromatic rings. The van der Waals surface area contributed by atoms with E-state index in [1.165, 1.54) is 0 Å². The molecule has 0 saturated carbocycles. The van der Waals surface area contributed by atoms with E-state index >= 15 is 0 Å². The molecule has 2 N–H and O–H groups in total. The normalized spacial score (nSPS) is 13.5. The summed E-state index contributed by atoms with van der Waals surface area (Å²) in [5, 5.41) is 0. The maximum Gasteiger partial charge on any atom is 0.311 e. The molecule has 1 rings (SSSR count). The van der Waals surface area contributed by atoms with Gasteiger partial charge in [-0.3, -0.25) is 4.79 Å². The van der Waals surface area contributed by atoms with Gasteiger partial charge in [-0.15, -0.1) is 0 Å². The topological polar surface area (TPSA) is 65.5 Å². The van der Waals surface area contributed by atoms with Crippen molar-refractivity contribution in [2.24, 2.45) is 11.7 Å². The summed E-state index contributed by atoms with van der Waals surface area (Å²) >= 11 is 0. The number of furan rings is 1. The molecule has 1 heterocycles. The van der Waals surface area contributed by atoms with Crippen LogP contribution in [0.1, 0.15) is 26.3 Å². The van der Waals surface area contributed by atoms with E-state index in [2.05, 4.69) is 0 Å². The van der Waals surface area contributed by atoms with Gasteiger partial charge in [0.1, 0.15) is 5.60 Å². The van der Waals surface area contributed by atoms with E-state index in [0.29, 0.717) is 6.42 Å². The van der Waals surface area contributed by atoms with Gasteiger partial charge < -0.3 is 14.9 Å². The van der Waals surface area contributed by atoms with Crippen LogP contribution in [0.15, 0.2) is 23.0 Å². The number of carbonyl (C=O) groups is 1. The van der Waals surface area contributed by atoms with Crippen LogP contribution in [0.4, 0.5) is 0 Å². The largest absolute Gasteiger partial charge is 0.472 e. The van der Waals surface area contributed by atoms with Crippen LogP contribution in [0.25, 0.3) is 0 Å². The Bertz CT molecular complexity index is 325. The van der Waals surface area contributed by atoms with Crippen LogP contribution in [0.5, 0.6) is 0 Å². The highest BCUT2D eigenvalue weighted by molar-refractivity contribution is 5.73. The summed E-state index contributed by atoms with van der Waals surface area (Å²) in [5.74, 6) is -0.562. The quantitative estimate of drug-likeness (QED) is 0.793. The Morgan fingerprint density at radius 3 is 2.69 bits per heavy atom. The number of rotatable bonds is 4. The molecule has 1 unspecified atom stereocenters. The summed E-state index contributed by atoms with van der Waals surface area (Å²) in [4.78, 5) is 11.8. The molecule has 1 aromatic heterocycles. The molecule has 4 heteroatoms. The first-order valence-electron chi connectivity index (χ1n) is 5.36. The minimum absolute atomic E-state index is 0.254. The lowest BCUT2D eigenvalue weighted by molar-refractivity contribution is -0.159. The molecule has 16 heavy (non-hydrogen) atoms. The molecule has 90 valence electrons. The van der Waals surface area contributed by atoms with Crippen LogP contribution < -0.4 is 5.73 Å². The number of hydrogen-bond donors (Lipinski definition) is 1. The first kappa shape index (κ1) is 12.8. The van der Waals surface area contributed by atoms with Crippen LogP contribution in [-0.4, -0.2) is 18.1 Å². The summed E-state index contributed by atoms with van der Waals surface area (Å²) in [7, 11) is 0. The maximum atomic E-state index is 11.8. The molecule has 1 atom stereocenters. The second kappa shape index (κ2) is 5.16. The zero-order chi connectivity index (χ0) is 12.2. The summed E-state index contributed by atoms with van der Waals surface area (Å²) in [5.41, 5.74) is 6.07. The number of esters is 1. The zero-order valence-electron chi connectivity index (χ0n) is 10.0. The summed E-state index contributed by atoms with van der Waals surface area (Å²) in [6, 6.07) is 1.83. The Hall–Kier alpha value is -1.29. The van der Waals surface area contributed by atoms with Crippen molar-refractivity contribution in [1.29, 1.82) is 0 Å². The summed E-state index contributed by atoms with van der Waals surface area (Å²) in [6.45, 7) is 5.81. The first-order chi connectivity index (χ1) is 7.42. The molecule has 4 nitrogen and oxygen atoms in total. The predicted molar refractivity (Wildman–Crippen MR) is 60.8 cm³/mol. The van der Waals surface area contributed by atoms with E-state index in [9.17, 15) is 4.79 Å². The van der Waals surface area contributed by atoms with Crippen molar-refractivity contribution in [2.45, 2.75) is 32.8 Å². The molecule has 0 amide bonds. The molecule has 0 spiro atoms. The Balaban J connectivity index is 2.57. The molecule has 0 aromatic carbocycles. The average molecular weight is 225 g/mol. The highest BCUT2D eigenvalue weighted by atomic mass is 16.6. The van der Waals surface area contributed by atoms with Gasteiger partial charge in [0, 0.05) is 6.54 Å². The van der Waals surface area contributed by atoms with Crippen molar-refractivity contribution >= 4 is 5.97 Å². The van der Waals surface area contributed by atoms with Gasteiger partial charge in [0.15, 0.2) is 0 Å². The van der Waals surface area contributed by atoms with Crippen molar-refractivity contribution in [1.82, 2.24) is 0 Å². The second-order valence-electron chi connectivity index (χ2n) is 4.80. The van der Waals surface area contributed by atoms with Crippen LogP contribution in [0.3, 0.4) is 0 Å². The molecular weight excluding hydrogens is 206 g/mol. The third-order valence-electron chi connectivity index (χ3n) is 2.09. The Kier molecular flexibility index (Phi) is 4.12. The van der Waals surface area contributed by atoms with Crippen LogP contribution in [-0.2, 0) is 16.0 Å². The van der Waals surface area contributed by atoms with E-state index in [0.717, 1.165) is 5.56 Å². The third-order valence-corrected chi connectivity index (χ3v) is 2.09. The molecule has 0 fully saturated rings. The smallest absolute Gasteiger partial charge is 0.311 e. The molecular formula is C12H19NO3. The van der Waals surface area contributed by atoms with Crippen molar-refractivity contribution in [3.63, 3.8) is 0 Å². The van der Waals surface area contributed by atoms with Crippen molar-refractivity contribution in [2.75, 3.05) is 6.54 Å². The summed E-state index contributed by atoms with van der Waals surface area (Å²) < 4.78 is 10.2. The highest BCUT2D eigenvalue weighted by Crippen LogP contribution is 2.15. The second-order valence-corrected chi connectivity index (χ2v) is 4.80. The number of ether oxygens (including phenoxy) is 1. The van der Waals surface area contributed by atoms with Crippen molar-refractivity contribution < 1.29 is 13.9 Å². The van der Waals surface area contributed by atoms with Crippen molar-refractivity contribution in [3.8, 4) is 0 Å². The molecule has 0 aliphatic heterocycles. The molecule has 0 aliphatic carbocycles. The van der Waals surface area contributed by atoms with E-state index in [-0.39, 0.29) is 18.4 Å². The van der Waals surface area contributed by atoms with Crippen LogP contribution in [0.2, 0.25) is 0 Å². The van der Waals surface area contributed by atoms with E-state index in [1.807, 2.05) is 26.8 Å². The van der Waals surface area contributed by atoms with E-state index < -0.39 is 5.60 Å². The number of carbonyl (C=O) groups excluding carboxylic acids is 1. The molecule has 0 bridgehead atoms. The highest BCUT2D eigenvalue weighted by Gasteiger charge is 2.24. The number of nitrogens with two attached hydrogens (primary N) is 1. The van der Waals surface area contributed by atoms with Gasteiger partial charge in [-0.05, 0) is 38.8 Å². The maximum absolute atomic E-state index is 11.8. The van der Waals surface area contributed by atoms with Crippen molar-refractivity contribution in [3.05, 3.63) is 24.2 Å². The average Bonchev–Trinajstić information content (AvgIpc) is 2.63. The minimum atomic E-state index is -0.471. The Morgan fingerprint density at radius 2 is 2.25 bits per heavy atom. The fourth-order valence-corrected chi connectivity index (χ4v) is 1.34. The molecule has 0 radical (unpaired) electrons. The monoisotopic (exact) mass is 225 g/mol. The van der Waals surface area contributed by atoms with E-state index in [4.69, 9.17) is 14.9 Å². The SMILES string of the molecule is CC(C)(C)OC(=O)C(CN)Cc1ccoc1. The molecule has 0 aliphatic rings. The zero-order valence-corrected chi connectivity index (χ0v) is 10.0. The van der Waals surface area contributed by atoms with Gasteiger partial charge in [0.25, 0.3) is 0 Å². The van der Waals surface area contributed by atoms with Gasteiger partial charge in [-0.25, -0.2) is 0 Å². The van der Waals surface area contributed by atoms with Gasteiger partial charge >= 0.3 is 5.97 Å². The van der Waals surface area contributed by atoms with Gasteiger partial charge in [-0.2, -0.15) is 0 Å². The minimum Gasteiger partial charge on any atom is -0.472 e. The van der Waals surface area contributed by atoms with Gasteiger partial charge in [-0.1, -0.05) is 0 Å². The fraction of sp³-hybridized carbons (Fsp3) is 0.583. The van der Waals surface area contributed by atoms with Crippen LogP contribution in [0, 0.1) is 5.92 Å². The van der Waals surface area contributed by atoms with Gasteiger partial charge in [0.05, 0.1) is 18.4 Å². The lowest BCUT2D eigenvalue weighted by Crippen LogP contribution is -2.33. The third kappa shape index (κ3) is 4.06. The lowest BCUT2D eigenvalue weighted by atomic mass is 10.0. The number of hydrogen-bond acceptors (Lipinski definition) is 4. The predicted octanol–water partition coefficient (Wildman–Crippen LogP) is 1.74. The molecule has 0 saturated heterocycles. The Labute approximate surface area is 95.8 Å².